The lowest BCUT2D eigenvalue weighted by atomic mass is 9.47. The van der Waals surface area contributed by atoms with E-state index in [9.17, 15) is 20.1 Å². The third-order valence-electron chi connectivity index (χ3n) is 17.9. The van der Waals surface area contributed by atoms with Crippen LogP contribution in [-0.2, 0) is 19.0 Å². The number of hydrogen-bond donors (Lipinski definition) is 3. The zero-order valence-electron chi connectivity index (χ0n) is 43.1. The van der Waals surface area contributed by atoms with E-state index in [0.29, 0.717) is 17.8 Å². The summed E-state index contributed by atoms with van der Waals surface area (Å²) >= 11 is 0. The SMILES string of the molecule is CC/C=C\C/C=C\C/C=C\C/C=C\CCCCCCCCCCC(=O)OCC1OC(OC2CCC3(C)C(=CCC4C3CCC3(C)C(C(C)CCC(CC)C(C)C)CCC43)C2)C(O)C(O)C1O. The van der Waals surface area contributed by atoms with E-state index in [1.807, 2.05) is 0 Å². The molecular formula is C59H98O7. The molecule has 376 valence electrons. The molecule has 4 fully saturated rings. The Morgan fingerprint density at radius 2 is 1.41 bits per heavy atom. The van der Waals surface area contributed by atoms with E-state index in [0.717, 1.165) is 113 Å². The van der Waals surface area contributed by atoms with Crippen LogP contribution < -0.4 is 0 Å². The number of carbonyl (C=O) groups is 1. The van der Waals surface area contributed by atoms with Crippen molar-refractivity contribution in [3.05, 3.63) is 60.3 Å². The molecule has 3 saturated carbocycles. The molecule has 5 rings (SSSR count). The van der Waals surface area contributed by atoms with Gasteiger partial charge in [-0.1, -0.05) is 160 Å². The molecule has 3 N–H and O–H groups in total. The van der Waals surface area contributed by atoms with Gasteiger partial charge in [-0.05, 0) is 155 Å². The van der Waals surface area contributed by atoms with E-state index in [-0.39, 0.29) is 24.1 Å². The van der Waals surface area contributed by atoms with Crippen LogP contribution in [0, 0.1) is 52.3 Å². The van der Waals surface area contributed by atoms with Crippen molar-refractivity contribution < 1.29 is 34.3 Å². The van der Waals surface area contributed by atoms with Crippen LogP contribution in [0.25, 0.3) is 0 Å². The predicted octanol–water partition coefficient (Wildman–Crippen LogP) is 14.1. The second kappa shape index (κ2) is 28.0. The van der Waals surface area contributed by atoms with Gasteiger partial charge in [-0.15, -0.1) is 0 Å². The first-order valence-electron chi connectivity index (χ1n) is 27.6. The minimum Gasteiger partial charge on any atom is -0.463 e. The van der Waals surface area contributed by atoms with Gasteiger partial charge < -0.3 is 29.5 Å². The van der Waals surface area contributed by atoms with Gasteiger partial charge in [0, 0.05) is 6.42 Å². The smallest absolute Gasteiger partial charge is 0.305 e. The lowest BCUT2D eigenvalue weighted by molar-refractivity contribution is -0.313. The highest BCUT2D eigenvalue weighted by Gasteiger charge is 2.59. The quantitative estimate of drug-likeness (QED) is 0.0408. The number of aliphatic hydroxyl groups excluding tert-OH is 3. The maximum Gasteiger partial charge on any atom is 0.305 e. The van der Waals surface area contributed by atoms with Gasteiger partial charge in [0.1, 0.15) is 31.0 Å². The summed E-state index contributed by atoms with van der Waals surface area (Å²) in [7, 11) is 0. The number of aliphatic hydroxyl groups is 3. The molecule has 0 bridgehead atoms. The number of unbranched alkanes of at least 4 members (excludes halogenated alkanes) is 8. The Balaban J connectivity index is 0.956. The van der Waals surface area contributed by atoms with Gasteiger partial charge in [-0.2, -0.15) is 0 Å². The maximum atomic E-state index is 12.7. The van der Waals surface area contributed by atoms with Crippen LogP contribution in [-0.4, -0.2) is 64.7 Å². The Labute approximate surface area is 403 Å². The maximum absolute atomic E-state index is 12.7. The summed E-state index contributed by atoms with van der Waals surface area (Å²) in [5.41, 5.74) is 2.11. The van der Waals surface area contributed by atoms with Crippen LogP contribution in [0.1, 0.15) is 209 Å². The van der Waals surface area contributed by atoms with Crippen molar-refractivity contribution in [3.8, 4) is 0 Å². The van der Waals surface area contributed by atoms with Crippen molar-refractivity contribution in [1.82, 2.24) is 0 Å². The molecule has 14 unspecified atom stereocenters. The summed E-state index contributed by atoms with van der Waals surface area (Å²) in [6.45, 7) is 16.9. The molecular weight excluding hydrogens is 821 g/mol. The summed E-state index contributed by atoms with van der Waals surface area (Å²) in [6, 6.07) is 0. The number of rotatable bonds is 28. The lowest BCUT2D eigenvalue weighted by Gasteiger charge is -2.58. The van der Waals surface area contributed by atoms with Crippen molar-refractivity contribution in [1.29, 1.82) is 0 Å². The van der Waals surface area contributed by atoms with Crippen molar-refractivity contribution in [2.45, 2.75) is 246 Å². The summed E-state index contributed by atoms with van der Waals surface area (Å²) in [5, 5.41) is 32.6. The zero-order valence-corrected chi connectivity index (χ0v) is 43.1. The Morgan fingerprint density at radius 3 is 2.08 bits per heavy atom. The fourth-order valence-electron chi connectivity index (χ4n) is 13.7. The first-order chi connectivity index (χ1) is 31.8. The lowest BCUT2D eigenvalue weighted by Crippen LogP contribution is -2.60. The average Bonchev–Trinajstić information content (AvgIpc) is 3.66. The average molecular weight is 919 g/mol. The molecule has 0 aromatic rings. The number of hydrogen-bond acceptors (Lipinski definition) is 7. The highest BCUT2D eigenvalue weighted by molar-refractivity contribution is 5.69. The molecule has 0 spiro atoms. The molecule has 0 amide bonds. The topological polar surface area (TPSA) is 105 Å². The number of esters is 1. The van der Waals surface area contributed by atoms with Gasteiger partial charge in [-0.3, -0.25) is 4.79 Å². The fourth-order valence-corrected chi connectivity index (χ4v) is 13.7. The van der Waals surface area contributed by atoms with Crippen LogP contribution in [0.3, 0.4) is 0 Å². The highest BCUT2D eigenvalue weighted by atomic mass is 16.7. The molecule has 4 aliphatic carbocycles. The fraction of sp³-hybridized carbons (Fsp3) is 0.814. The minimum absolute atomic E-state index is 0.148. The Bertz CT molecular complexity index is 1560. The predicted molar refractivity (Wildman–Crippen MR) is 272 cm³/mol. The number of fused-ring (bicyclic) bond motifs is 5. The molecule has 5 aliphatic rings. The molecule has 0 radical (unpaired) electrons. The summed E-state index contributed by atoms with van der Waals surface area (Å²) in [5.74, 6) is 5.19. The van der Waals surface area contributed by atoms with Crippen LogP contribution in [0.15, 0.2) is 60.3 Å². The number of allylic oxidation sites excluding steroid dienone is 9. The Hall–Kier alpha value is -2.03. The summed E-state index contributed by atoms with van der Waals surface area (Å²) in [6.07, 6.45) is 42.0. The molecule has 1 aliphatic heterocycles. The third kappa shape index (κ3) is 15.2. The highest BCUT2D eigenvalue weighted by Crippen LogP contribution is 2.67. The van der Waals surface area contributed by atoms with Crippen LogP contribution in [0.5, 0.6) is 0 Å². The molecule has 0 aromatic carbocycles. The van der Waals surface area contributed by atoms with E-state index in [4.69, 9.17) is 14.2 Å². The molecule has 1 heterocycles. The second-order valence-electron chi connectivity index (χ2n) is 22.5. The molecule has 66 heavy (non-hydrogen) atoms. The van der Waals surface area contributed by atoms with Crippen LogP contribution in [0.4, 0.5) is 0 Å². The number of ether oxygens (including phenoxy) is 3. The normalized spacial score (nSPS) is 34.6. The minimum atomic E-state index is -1.45. The second-order valence-corrected chi connectivity index (χ2v) is 22.5. The van der Waals surface area contributed by atoms with Crippen molar-refractivity contribution in [3.63, 3.8) is 0 Å². The van der Waals surface area contributed by atoms with E-state index < -0.39 is 30.7 Å². The van der Waals surface area contributed by atoms with Crippen molar-refractivity contribution in [2.24, 2.45) is 52.3 Å². The third-order valence-corrected chi connectivity index (χ3v) is 17.9. The molecule has 1 saturated heterocycles. The van der Waals surface area contributed by atoms with Gasteiger partial charge in [0.05, 0.1) is 6.10 Å². The van der Waals surface area contributed by atoms with E-state index in [1.165, 1.54) is 82.6 Å². The molecule has 7 nitrogen and oxygen atoms in total. The standard InChI is InChI=1S/C59H98O7/c1-8-10-11-12-13-14-15-16-17-18-19-20-21-22-23-24-25-26-27-28-29-30-53(60)64-42-52-54(61)55(62)56(63)57(66-52)65-47-37-39-58(6)46(41-47)33-34-48-50-36-35-49(59(50,7)40-38-51(48)58)44(5)31-32-45(9-2)43(3)4/h10-11,13-14,16-17,19-20,33,43-45,47-52,54-57,61-63H,8-9,12,15,18,21-32,34-42H2,1-7H3/b11-10-,14-13-,17-16-,20-19-. The Morgan fingerprint density at radius 1 is 0.758 bits per heavy atom. The Kier molecular flexibility index (Phi) is 23.3. The molecule has 0 aromatic heterocycles. The van der Waals surface area contributed by atoms with E-state index in [1.54, 1.807) is 0 Å². The van der Waals surface area contributed by atoms with Gasteiger partial charge in [0.25, 0.3) is 0 Å². The van der Waals surface area contributed by atoms with E-state index >= 15 is 0 Å². The summed E-state index contributed by atoms with van der Waals surface area (Å²) in [4.78, 5) is 12.7. The molecule has 14 atom stereocenters. The van der Waals surface area contributed by atoms with Gasteiger partial charge in [0.2, 0.25) is 0 Å². The van der Waals surface area contributed by atoms with Gasteiger partial charge >= 0.3 is 5.97 Å². The number of carbonyl (C=O) groups excluding carboxylic acids is 1. The first-order valence-corrected chi connectivity index (χ1v) is 27.6. The summed E-state index contributed by atoms with van der Waals surface area (Å²) < 4.78 is 18.1. The van der Waals surface area contributed by atoms with Crippen LogP contribution >= 0.6 is 0 Å². The zero-order chi connectivity index (χ0) is 47.5. The van der Waals surface area contributed by atoms with Crippen molar-refractivity contribution in [2.75, 3.05) is 6.61 Å². The van der Waals surface area contributed by atoms with Crippen molar-refractivity contribution >= 4 is 5.97 Å². The molecule has 7 heteroatoms. The van der Waals surface area contributed by atoms with Gasteiger partial charge in [0.15, 0.2) is 6.29 Å². The monoisotopic (exact) mass is 919 g/mol. The van der Waals surface area contributed by atoms with Gasteiger partial charge in [-0.25, -0.2) is 0 Å². The largest absolute Gasteiger partial charge is 0.463 e. The first kappa shape index (κ1) is 54.9. The van der Waals surface area contributed by atoms with E-state index in [2.05, 4.69) is 103 Å². The van der Waals surface area contributed by atoms with Crippen LogP contribution in [0.2, 0.25) is 0 Å².